The Morgan fingerprint density at radius 1 is 0.562 bits per heavy atom. The van der Waals surface area contributed by atoms with Crippen molar-refractivity contribution in [2.45, 2.75) is 61.3 Å². The third-order valence-corrected chi connectivity index (χ3v) is 3.94. The zero-order valence-electron chi connectivity index (χ0n) is 8.82. The monoisotopic (exact) mass is 234 g/mol. The molecule has 0 aromatic carbocycles. The van der Waals surface area contributed by atoms with E-state index in [1.807, 2.05) is 0 Å². The first-order chi connectivity index (χ1) is 7.27. The minimum absolute atomic E-state index is 0.200. The highest BCUT2D eigenvalue weighted by Crippen LogP contribution is 2.47. The van der Waals surface area contributed by atoms with Crippen LogP contribution in [-0.2, 0) is 0 Å². The van der Waals surface area contributed by atoms with Crippen molar-refractivity contribution in [3.63, 3.8) is 0 Å². The lowest BCUT2D eigenvalue weighted by Crippen LogP contribution is -2.68. The van der Waals surface area contributed by atoms with Crippen LogP contribution in [0.3, 0.4) is 0 Å². The minimum Gasteiger partial charge on any atom is -0.390 e. The molecule has 0 aromatic rings. The molecule has 16 heavy (non-hydrogen) atoms. The summed E-state index contributed by atoms with van der Waals surface area (Å²) in [5.41, 5.74) is -3.30. The Hall–Kier alpha value is -0.240. The average Bonchev–Trinajstić information content (AvgIpc) is 2.12. The van der Waals surface area contributed by atoms with Crippen LogP contribution in [0.25, 0.3) is 0 Å². The van der Waals surface area contributed by atoms with Crippen LogP contribution in [0.5, 0.6) is 0 Å². The molecule has 0 amide bonds. The Labute approximate surface area is 92.8 Å². The first-order valence-corrected chi connectivity index (χ1v) is 5.44. The lowest BCUT2D eigenvalue weighted by molar-refractivity contribution is -0.267. The van der Waals surface area contributed by atoms with Gasteiger partial charge in [-0.15, -0.1) is 0 Å². The second kappa shape index (κ2) is 3.63. The fourth-order valence-corrected chi connectivity index (χ4v) is 2.85. The Balaban J connectivity index is 2.27. The van der Waals surface area contributed by atoms with Gasteiger partial charge in [0.2, 0.25) is 0 Å². The lowest BCUT2D eigenvalue weighted by Gasteiger charge is -2.54. The molecule has 6 N–H and O–H groups in total. The molecular weight excluding hydrogens is 216 g/mol. The molecule has 2 rings (SSSR count). The first-order valence-electron chi connectivity index (χ1n) is 5.44. The summed E-state index contributed by atoms with van der Waals surface area (Å²) in [4.78, 5) is 0. The van der Waals surface area contributed by atoms with Gasteiger partial charge in [-0.3, -0.25) is 0 Å². The van der Waals surface area contributed by atoms with Crippen LogP contribution >= 0.6 is 0 Å². The zero-order valence-corrected chi connectivity index (χ0v) is 8.82. The highest BCUT2D eigenvalue weighted by molar-refractivity contribution is 5.12. The third-order valence-electron chi connectivity index (χ3n) is 3.94. The molecule has 2 fully saturated rings. The van der Waals surface area contributed by atoms with E-state index in [2.05, 4.69) is 0 Å². The number of hydrogen-bond acceptors (Lipinski definition) is 6. The number of hydrogen-bond donors (Lipinski definition) is 6. The van der Waals surface area contributed by atoms with Crippen molar-refractivity contribution in [1.82, 2.24) is 0 Å². The van der Waals surface area contributed by atoms with Gasteiger partial charge in [-0.25, -0.2) is 0 Å². The van der Waals surface area contributed by atoms with Crippen molar-refractivity contribution in [1.29, 1.82) is 0 Å². The number of aliphatic hydroxyl groups excluding tert-OH is 4. The van der Waals surface area contributed by atoms with Crippen molar-refractivity contribution in [2.75, 3.05) is 0 Å². The van der Waals surface area contributed by atoms with E-state index in [9.17, 15) is 30.6 Å². The molecule has 2 aliphatic carbocycles. The summed E-state index contributed by atoms with van der Waals surface area (Å²) in [6.07, 6.45) is -5.27. The van der Waals surface area contributed by atoms with Crippen LogP contribution in [0, 0.1) is 0 Å². The Morgan fingerprint density at radius 2 is 0.750 bits per heavy atom. The van der Waals surface area contributed by atoms with Crippen molar-refractivity contribution in [3.8, 4) is 0 Å². The van der Waals surface area contributed by atoms with Crippen LogP contribution in [0.1, 0.15) is 25.7 Å². The van der Waals surface area contributed by atoms with E-state index < -0.39 is 35.6 Å². The van der Waals surface area contributed by atoms with Crippen molar-refractivity contribution < 1.29 is 30.6 Å². The quantitative estimate of drug-likeness (QED) is 0.275. The topological polar surface area (TPSA) is 121 Å². The summed E-state index contributed by atoms with van der Waals surface area (Å²) in [6, 6.07) is 0. The van der Waals surface area contributed by atoms with Crippen molar-refractivity contribution in [2.24, 2.45) is 0 Å². The van der Waals surface area contributed by atoms with E-state index in [1.165, 1.54) is 0 Å². The van der Waals surface area contributed by atoms with E-state index in [-0.39, 0.29) is 25.7 Å². The summed E-state index contributed by atoms with van der Waals surface area (Å²) >= 11 is 0. The number of fused-ring (bicyclic) bond motifs is 1. The van der Waals surface area contributed by atoms with Gasteiger partial charge in [0.25, 0.3) is 0 Å². The molecule has 6 heteroatoms. The van der Waals surface area contributed by atoms with Gasteiger partial charge in [0.05, 0.1) is 35.6 Å². The van der Waals surface area contributed by atoms with Crippen LogP contribution in [0.15, 0.2) is 0 Å². The van der Waals surface area contributed by atoms with Crippen LogP contribution < -0.4 is 0 Å². The Kier molecular flexibility index (Phi) is 2.77. The highest BCUT2D eigenvalue weighted by atomic mass is 16.4. The largest absolute Gasteiger partial charge is 0.390 e. The maximum atomic E-state index is 10.2. The van der Waals surface area contributed by atoms with Crippen LogP contribution in [0.2, 0.25) is 0 Å². The molecule has 94 valence electrons. The standard InChI is InChI=1S/C10H18O6/c11-5-1-9(15)2-7(13)8(14)4-10(9,16)3-6(5)12/h5-8,11-16H,1-4H2/t5-,6-,7-,8+,9?,10?/m0/s1. The molecule has 0 bridgehead atoms. The van der Waals surface area contributed by atoms with Gasteiger partial charge in [0.1, 0.15) is 0 Å². The maximum Gasteiger partial charge on any atom is 0.0986 e. The van der Waals surface area contributed by atoms with E-state index >= 15 is 0 Å². The molecule has 0 aromatic heterocycles. The third kappa shape index (κ3) is 1.66. The fourth-order valence-electron chi connectivity index (χ4n) is 2.85. The lowest BCUT2D eigenvalue weighted by atomic mass is 9.61. The predicted molar refractivity (Wildman–Crippen MR) is 52.4 cm³/mol. The van der Waals surface area contributed by atoms with Gasteiger partial charge < -0.3 is 30.6 Å². The summed E-state index contributed by atoms with van der Waals surface area (Å²) in [6.45, 7) is 0. The van der Waals surface area contributed by atoms with Gasteiger partial charge in [-0.05, 0) is 0 Å². The average molecular weight is 234 g/mol. The van der Waals surface area contributed by atoms with Crippen LogP contribution in [-0.4, -0.2) is 66.3 Å². The maximum absolute atomic E-state index is 10.2. The molecule has 0 saturated heterocycles. The molecule has 0 radical (unpaired) electrons. The molecule has 6 nitrogen and oxygen atoms in total. The molecule has 0 aliphatic heterocycles. The molecule has 2 unspecified atom stereocenters. The molecule has 2 aliphatic rings. The van der Waals surface area contributed by atoms with Gasteiger partial charge in [-0.1, -0.05) is 0 Å². The molecular formula is C10H18O6. The van der Waals surface area contributed by atoms with Gasteiger partial charge in [-0.2, -0.15) is 0 Å². The zero-order chi connectivity index (χ0) is 12.1. The second-order valence-corrected chi connectivity index (χ2v) is 5.15. The highest BCUT2D eigenvalue weighted by Gasteiger charge is 2.60. The Bertz CT molecular complexity index is 232. The molecule has 0 heterocycles. The van der Waals surface area contributed by atoms with E-state index in [4.69, 9.17) is 0 Å². The van der Waals surface area contributed by atoms with E-state index in [1.54, 1.807) is 0 Å². The molecule has 2 saturated carbocycles. The summed E-state index contributed by atoms with van der Waals surface area (Å²) in [7, 11) is 0. The minimum atomic E-state index is -1.65. The van der Waals surface area contributed by atoms with E-state index in [0.29, 0.717) is 0 Å². The summed E-state index contributed by atoms with van der Waals surface area (Å²) in [5.74, 6) is 0. The summed E-state index contributed by atoms with van der Waals surface area (Å²) in [5, 5.41) is 58.4. The molecule has 6 atom stereocenters. The Morgan fingerprint density at radius 3 is 0.938 bits per heavy atom. The van der Waals surface area contributed by atoms with Gasteiger partial charge in [0, 0.05) is 25.7 Å². The van der Waals surface area contributed by atoms with Crippen molar-refractivity contribution in [3.05, 3.63) is 0 Å². The van der Waals surface area contributed by atoms with Crippen molar-refractivity contribution >= 4 is 0 Å². The smallest absolute Gasteiger partial charge is 0.0986 e. The number of rotatable bonds is 0. The number of aliphatic hydroxyl groups is 6. The normalized spacial score (nSPS) is 58.1. The molecule has 0 spiro atoms. The summed E-state index contributed by atoms with van der Waals surface area (Å²) < 4.78 is 0. The second-order valence-electron chi connectivity index (χ2n) is 5.15. The van der Waals surface area contributed by atoms with Crippen LogP contribution in [0.4, 0.5) is 0 Å². The predicted octanol–water partition coefficient (Wildman–Crippen LogP) is -2.52. The SMILES string of the molecule is O[C@@H]1CC2(O)C[C@H](O)[C@@H](O)CC2(O)C[C@@H]1O. The van der Waals surface area contributed by atoms with E-state index in [0.717, 1.165) is 0 Å². The van der Waals surface area contributed by atoms with Gasteiger partial charge in [0.15, 0.2) is 0 Å². The van der Waals surface area contributed by atoms with Gasteiger partial charge >= 0.3 is 0 Å². The first kappa shape index (κ1) is 12.2. The fraction of sp³-hybridized carbons (Fsp3) is 1.00.